The minimum absolute atomic E-state index is 0.0849. The molecule has 0 saturated carbocycles. The van der Waals surface area contributed by atoms with Crippen molar-refractivity contribution in [3.8, 4) is 0 Å². The number of carbonyl (C=O) groups excluding carboxylic acids is 1. The summed E-state index contributed by atoms with van der Waals surface area (Å²) in [5, 5.41) is 2.96. The molecule has 20 heavy (non-hydrogen) atoms. The Morgan fingerprint density at radius 2 is 2.05 bits per heavy atom. The molecule has 112 valence electrons. The van der Waals surface area contributed by atoms with E-state index in [2.05, 4.69) is 31.0 Å². The second-order valence-corrected chi connectivity index (χ2v) is 5.61. The minimum atomic E-state index is 0.0849. The number of anilines is 1. The first kappa shape index (κ1) is 16.5. The lowest BCUT2D eigenvalue weighted by Crippen LogP contribution is -2.38. The molecule has 0 saturated heterocycles. The lowest BCUT2D eigenvalue weighted by Gasteiger charge is -2.22. The highest BCUT2D eigenvalue weighted by Gasteiger charge is 2.12. The SMILES string of the molecule is CCCN(CC(=O)NCC(C)C)Cc1ccccc1N. The van der Waals surface area contributed by atoms with Crippen LogP contribution in [0, 0.1) is 5.92 Å². The van der Waals surface area contributed by atoms with E-state index < -0.39 is 0 Å². The van der Waals surface area contributed by atoms with Crippen LogP contribution in [0.5, 0.6) is 0 Å². The number of carbonyl (C=O) groups is 1. The van der Waals surface area contributed by atoms with Crippen LogP contribution in [0.15, 0.2) is 24.3 Å². The molecule has 0 unspecified atom stereocenters. The monoisotopic (exact) mass is 277 g/mol. The van der Waals surface area contributed by atoms with E-state index in [0.717, 1.165) is 37.3 Å². The molecule has 0 spiro atoms. The molecule has 0 radical (unpaired) electrons. The Labute approximate surface area is 122 Å². The van der Waals surface area contributed by atoms with Crippen molar-refractivity contribution in [3.05, 3.63) is 29.8 Å². The number of para-hydroxylation sites is 1. The molecule has 0 bridgehead atoms. The van der Waals surface area contributed by atoms with Crippen molar-refractivity contribution in [3.63, 3.8) is 0 Å². The highest BCUT2D eigenvalue weighted by atomic mass is 16.2. The Morgan fingerprint density at radius 1 is 1.35 bits per heavy atom. The van der Waals surface area contributed by atoms with E-state index in [0.29, 0.717) is 12.5 Å². The Hall–Kier alpha value is -1.55. The molecule has 0 aliphatic rings. The van der Waals surface area contributed by atoms with Crippen LogP contribution in [0.2, 0.25) is 0 Å². The molecule has 0 atom stereocenters. The van der Waals surface area contributed by atoms with Gasteiger partial charge in [0, 0.05) is 18.8 Å². The first-order valence-corrected chi connectivity index (χ1v) is 7.35. The molecule has 1 aromatic carbocycles. The Balaban J connectivity index is 2.56. The maximum atomic E-state index is 11.9. The van der Waals surface area contributed by atoms with Crippen LogP contribution < -0.4 is 11.1 Å². The van der Waals surface area contributed by atoms with Crippen LogP contribution in [-0.4, -0.2) is 30.4 Å². The summed E-state index contributed by atoms with van der Waals surface area (Å²) in [5.41, 5.74) is 7.84. The second kappa shape index (κ2) is 8.59. The lowest BCUT2D eigenvalue weighted by atomic mass is 10.1. The van der Waals surface area contributed by atoms with Gasteiger partial charge in [-0.15, -0.1) is 0 Å². The van der Waals surface area contributed by atoms with Gasteiger partial charge >= 0.3 is 0 Å². The Bertz CT molecular complexity index is 418. The van der Waals surface area contributed by atoms with Crippen LogP contribution in [0.1, 0.15) is 32.8 Å². The van der Waals surface area contributed by atoms with Gasteiger partial charge in [0.25, 0.3) is 0 Å². The van der Waals surface area contributed by atoms with Crippen molar-refractivity contribution in [2.75, 3.05) is 25.4 Å². The van der Waals surface area contributed by atoms with Crippen molar-refractivity contribution >= 4 is 11.6 Å². The van der Waals surface area contributed by atoms with Gasteiger partial charge in [0.1, 0.15) is 0 Å². The number of rotatable bonds is 8. The quantitative estimate of drug-likeness (QED) is 0.717. The maximum absolute atomic E-state index is 11.9. The van der Waals surface area contributed by atoms with Crippen molar-refractivity contribution < 1.29 is 4.79 Å². The lowest BCUT2D eigenvalue weighted by molar-refractivity contribution is -0.122. The molecule has 4 nitrogen and oxygen atoms in total. The topological polar surface area (TPSA) is 58.4 Å². The fraction of sp³-hybridized carbons (Fsp3) is 0.562. The molecule has 0 fully saturated rings. The molecule has 4 heteroatoms. The van der Waals surface area contributed by atoms with Crippen molar-refractivity contribution in [1.82, 2.24) is 10.2 Å². The fourth-order valence-electron chi connectivity index (χ4n) is 2.03. The summed E-state index contributed by atoms with van der Waals surface area (Å²) in [4.78, 5) is 14.1. The van der Waals surface area contributed by atoms with Crippen LogP contribution >= 0.6 is 0 Å². The molecule has 1 aromatic rings. The number of nitrogens with zero attached hydrogens (tertiary/aromatic N) is 1. The zero-order valence-electron chi connectivity index (χ0n) is 12.9. The molecule has 3 N–H and O–H groups in total. The van der Waals surface area contributed by atoms with Gasteiger partial charge in [-0.25, -0.2) is 0 Å². The van der Waals surface area contributed by atoms with E-state index >= 15 is 0 Å². The molecule has 1 amide bonds. The summed E-state index contributed by atoms with van der Waals surface area (Å²) >= 11 is 0. The fourth-order valence-corrected chi connectivity index (χ4v) is 2.03. The van der Waals surface area contributed by atoms with Crippen LogP contribution in [0.4, 0.5) is 5.69 Å². The number of hydrogen-bond donors (Lipinski definition) is 2. The average molecular weight is 277 g/mol. The summed E-state index contributed by atoms with van der Waals surface area (Å²) in [6.07, 6.45) is 1.02. The highest BCUT2D eigenvalue weighted by molar-refractivity contribution is 5.78. The number of nitrogens with one attached hydrogen (secondary N) is 1. The molecular formula is C16H27N3O. The van der Waals surface area contributed by atoms with E-state index in [-0.39, 0.29) is 5.91 Å². The third-order valence-corrected chi connectivity index (χ3v) is 3.06. The predicted molar refractivity (Wildman–Crippen MR) is 84.3 cm³/mol. The van der Waals surface area contributed by atoms with Gasteiger partial charge in [0.05, 0.1) is 6.54 Å². The Morgan fingerprint density at radius 3 is 2.65 bits per heavy atom. The summed E-state index contributed by atoms with van der Waals surface area (Å²) in [5.74, 6) is 0.560. The first-order valence-electron chi connectivity index (χ1n) is 7.35. The molecule has 0 aliphatic heterocycles. The summed E-state index contributed by atoms with van der Waals surface area (Å²) < 4.78 is 0. The summed E-state index contributed by atoms with van der Waals surface area (Å²) in [6, 6.07) is 7.83. The first-order chi connectivity index (χ1) is 9.52. The smallest absolute Gasteiger partial charge is 0.234 e. The highest BCUT2D eigenvalue weighted by Crippen LogP contribution is 2.13. The summed E-state index contributed by atoms with van der Waals surface area (Å²) in [7, 11) is 0. The van der Waals surface area contributed by atoms with Gasteiger partial charge in [-0.3, -0.25) is 9.69 Å². The normalized spacial score (nSPS) is 11.1. The van der Waals surface area contributed by atoms with Crippen LogP contribution in [0.25, 0.3) is 0 Å². The molecule has 0 aromatic heterocycles. The number of nitrogens with two attached hydrogens (primary N) is 1. The predicted octanol–water partition coefficient (Wildman–Crippen LogP) is 2.25. The van der Waals surface area contributed by atoms with Gasteiger partial charge < -0.3 is 11.1 Å². The van der Waals surface area contributed by atoms with E-state index in [4.69, 9.17) is 5.73 Å². The number of nitrogen functional groups attached to an aromatic ring is 1. The van der Waals surface area contributed by atoms with E-state index in [9.17, 15) is 4.79 Å². The average Bonchev–Trinajstić information content (AvgIpc) is 2.39. The van der Waals surface area contributed by atoms with Gasteiger partial charge in [-0.1, -0.05) is 39.0 Å². The molecule has 0 heterocycles. The number of amides is 1. The number of hydrogen-bond acceptors (Lipinski definition) is 3. The zero-order valence-corrected chi connectivity index (χ0v) is 12.9. The van der Waals surface area contributed by atoms with Crippen LogP contribution in [0.3, 0.4) is 0 Å². The van der Waals surface area contributed by atoms with Crippen LogP contribution in [-0.2, 0) is 11.3 Å². The van der Waals surface area contributed by atoms with Crippen molar-refractivity contribution in [2.45, 2.75) is 33.7 Å². The summed E-state index contributed by atoms with van der Waals surface area (Å²) in [6.45, 7) is 9.07. The standard InChI is InChI=1S/C16H27N3O/c1-4-9-19(12-16(20)18-10-13(2)3)11-14-7-5-6-8-15(14)17/h5-8,13H,4,9-12,17H2,1-3H3,(H,18,20). The van der Waals surface area contributed by atoms with Crippen molar-refractivity contribution in [1.29, 1.82) is 0 Å². The second-order valence-electron chi connectivity index (χ2n) is 5.61. The van der Waals surface area contributed by atoms with Gasteiger partial charge in [0.2, 0.25) is 5.91 Å². The third-order valence-electron chi connectivity index (χ3n) is 3.06. The third kappa shape index (κ3) is 6.06. The van der Waals surface area contributed by atoms with Crippen molar-refractivity contribution in [2.24, 2.45) is 5.92 Å². The largest absolute Gasteiger partial charge is 0.398 e. The van der Waals surface area contributed by atoms with Gasteiger partial charge in [-0.05, 0) is 30.5 Å². The van der Waals surface area contributed by atoms with Gasteiger partial charge in [0.15, 0.2) is 0 Å². The van der Waals surface area contributed by atoms with E-state index in [1.807, 2.05) is 24.3 Å². The maximum Gasteiger partial charge on any atom is 0.234 e. The zero-order chi connectivity index (χ0) is 15.0. The number of benzene rings is 1. The Kier molecular flexibility index (Phi) is 7.09. The minimum Gasteiger partial charge on any atom is -0.398 e. The van der Waals surface area contributed by atoms with E-state index in [1.54, 1.807) is 0 Å². The molecule has 1 rings (SSSR count). The van der Waals surface area contributed by atoms with E-state index in [1.165, 1.54) is 0 Å². The molecule has 0 aliphatic carbocycles. The van der Waals surface area contributed by atoms with Gasteiger partial charge in [-0.2, -0.15) is 0 Å². The molecular weight excluding hydrogens is 250 g/mol.